The Labute approximate surface area is 83.9 Å². The van der Waals surface area contributed by atoms with Crippen LogP contribution in [-0.4, -0.2) is 9.97 Å². The number of aromatic amines is 1. The molecule has 0 radical (unpaired) electrons. The maximum Gasteiger partial charge on any atom is 0.142 e. The second kappa shape index (κ2) is 2.91. The normalized spacial score (nSPS) is 10.2. The minimum Gasteiger partial charge on any atom is -0.357 e. The van der Waals surface area contributed by atoms with Crippen LogP contribution in [0, 0.1) is 11.3 Å². The molecule has 0 fully saturated rings. The van der Waals surface area contributed by atoms with Gasteiger partial charge in [0.2, 0.25) is 0 Å². The van der Waals surface area contributed by atoms with E-state index in [4.69, 9.17) is 28.5 Å². The third-order valence-electron chi connectivity index (χ3n) is 1.66. The molecule has 64 valence electrons. The summed E-state index contributed by atoms with van der Waals surface area (Å²) in [5, 5.41) is 9.54. The average molecular weight is 212 g/mol. The van der Waals surface area contributed by atoms with Crippen LogP contribution in [0.25, 0.3) is 11.0 Å². The molecule has 0 spiro atoms. The Morgan fingerprint density at radius 3 is 2.85 bits per heavy atom. The molecule has 2 heterocycles. The third-order valence-corrected chi connectivity index (χ3v) is 2.24. The van der Waals surface area contributed by atoms with Crippen molar-refractivity contribution in [3.05, 3.63) is 28.0 Å². The van der Waals surface area contributed by atoms with E-state index in [1.54, 1.807) is 6.20 Å². The molecule has 0 atom stereocenters. The minimum absolute atomic E-state index is 0.263. The summed E-state index contributed by atoms with van der Waals surface area (Å²) in [4.78, 5) is 6.88. The average Bonchev–Trinajstić information content (AvgIpc) is 2.48. The summed E-state index contributed by atoms with van der Waals surface area (Å²) in [6.07, 6.45) is 1.59. The first-order chi connectivity index (χ1) is 6.22. The van der Waals surface area contributed by atoms with Gasteiger partial charge in [0, 0.05) is 6.20 Å². The standard InChI is InChI=1S/C8H3Cl2N3/c9-5-1-4(2-11)13-8-6(10)3-12-7(5)8/h1,3,12H. The number of nitriles is 1. The molecule has 13 heavy (non-hydrogen) atoms. The zero-order valence-electron chi connectivity index (χ0n) is 6.31. The highest BCUT2D eigenvalue weighted by Crippen LogP contribution is 2.27. The molecule has 2 rings (SSSR count). The van der Waals surface area contributed by atoms with E-state index in [0.29, 0.717) is 21.1 Å². The number of pyridine rings is 1. The second-order valence-corrected chi connectivity index (χ2v) is 3.28. The third kappa shape index (κ3) is 1.24. The predicted octanol–water partition coefficient (Wildman–Crippen LogP) is 2.74. The van der Waals surface area contributed by atoms with Gasteiger partial charge in [-0.2, -0.15) is 5.26 Å². The Hall–Kier alpha value is -1.24. The number of rotatable bonds is 0. The lowest BCUT2D eigenvalue weighted by atomic mass is 10.3. The number of nitrogens with zero attached hydrogens (tertiary/aromatic N) is 2. The monoisotopic (exact) mass is 211 g/mol. The van der Waals surface area contributed by atoms with Crippen LogP contribution >= 0.6 is 23.2 Å². The van der Waals surface area contributed by atoms with Crippen LogP contribution in [-0.2, 0) is 0 Å². The van der Waals surface area contributed by atoms with Gasteiger partial charge in [0.25, 0.3) is 0 Å². The van der Waals surface area contributed by atoms with Crippen molar-refractivity contribution in [1.29, 1.82) is 5.26 Å². The first kappa shape index (κ1) is 8.36. The molecule has 0 aromatic carbocycles. The van der Waals surface area contributed by atoms with Crippen LogP contribution in [0.3, 0.4) is 0 Å². The van der Waals surface area contributed by atoms with Gasteiger partial charge in [-0.3, -0.25) is 0 Å². The van der Waals surface area contributed by atoms with E-state index in [2.05, 4.69) is 9.97 Å². The van der Waals surface area contributed by atoms with Crippen molar-refractivity contribution >= 4 is 34.2 Å². The number of aromatic nitrogens is 2. The molecule has 0 aliphatic carbocycles. The molecule has 0 saturated carbocycles. The molecule has 1 N–H and O–H groups in total. The van der Waals surface area contributed by atoms with Gasteiger partial charge in [-0.25, -0.2) is 4.98 Å². The fourth-order valence-corrected chi connectivity index (χ4v) is 1.52. The highest BCUT2D eigenvalue weighted by Gasteiger charge is 2.08. The lowest BCUT2D eigenvalue weighted by molar-refractivity contribution is 1.32. The van der Waals surface area contributed by atoms with Crippen LogP contribution in [0.2, 0.25) is 10.0 Å². The maximum atomic E-state index is 8.63. The van der Waals surface area contributed by atoms with Gasteiger partial charge in [-0.05, 0) is 6.07 Å². The van der Waals surface area contributed by atoms with Gasteiger partial charge in [-0.15, -0.1) is 0 Å². The Kier molecular flexibility index (Phi) is 1.87. The van der Waals surface area contributed by atoms with E-state index in [9.17, 15) is 0 Å². The predicted molar refractivity (Wildman–Crippen MR) is 50.8 cm³/mol. The number of halogens is 2. The summed E-state index contributed by atoms with van der Waals surface area (Å²) in [6, 6.07) is 3.41. The molecule has 0 bridgehead atoms. The van der Waals surface area contributed by atoms with E-state index < -0.39 is 0 Å². The lowest BCUT2D eigenvalue weighted by Gasteiger charge is -1.94. The highest BCUT2D eigenvalue weighted by atomic mass is 35.5. The molecule has 0 unspecified atom stereocenters. The number of H-pyrrole nitrogens is 1. The Bertz CT molecular complexity index is 510. The molecule has 0 saturated heterocycles. The largest absolute Gasteiger partial charge is 0.357 e. The molecule has 2 aromatic rings. The zero-order chi connectivity index (χ0) is 9.42. The highest BCUT2D eigenvalue weighted by molar-refractivity contribution is 6.39. The van der Waals surface area contributed by atoms with Gasteiger partial charge in [0.1, 0.15) is 17.3 Å². The minimum atomic E-state index is 0.263. The number of hydrogen-bond donors (Lipinski definition) is 1. The van der Waals surface area contributed by atoms with Crippen LogP contribution < -0.4 is 0 Å². The molecule has 3 nitrogen and oxygen atoms in total. The van der Waals surface area contributed by atoms with E-state index in [0.717, 1.165) is 0 Å². The smallest absolute Gasteiger partial charge is 0.142 e. The molecule has 0 aliphatic heterocycles. The fraction of sp³-hybridized carbons (Fsp3) is 0. The first-order valence-electron chi connectivity index (χ1n) is 3.45. The quantitative estimate of drug-likeness (QED) is 0.729. The molecular formula is C8H3Cl2N3. The van der Waals surface area contributed by atoms with E-state index in [-0.39, 0.29) is 5.69 Å². The maximum absolute atomic E-state index is 8.63. The van der Waals surface area contributed by atoms with E-state index >= 15 is 0 Å². The van der Waals surface area contributed by atoms with Gasteiger partial charge in [-0.1, -0.05) is 23.2 Å². The van der Waals surface area contributed by atoms with Crippen LogP contribution in [0.15, 0.2) is 12.3 Å². The second-order valence-electron chi connectivity index (χ2n) is 2.46. The van der Waals surface area contributed by atoms with E-state index in [1.807, 2.05) is 6.07 Å². The van der Waals surface area contributed by atoms with E-state index in [1.165, 1.54) is 6.07 Å². The van der Waals surface area contributed by atoms with Crippen molar-refractivity contribution in [2.24, 2.45) is 0 Å². The summed E-state index contributed by atoms with van der Waals surface area (Å²) in [6.45, 7) is 0. The summed E-state index contributed by atoms with van der Waals surface area (Å²) >= 11 is 11.7. The fourth-order valence-electron chi connectivity index (χ4n) is 1.09. The summed E-state index contributed by atoms with van der Waals surface area (Å²) < 4.78 is 0. The Balaban J connectivity index is 2.90. The van der Waals surface area contributed by atoms with Crippen molar-refractivity contribution in [2.45, 2.75) is 0 Å². The number of nitrogens with one attached hydrogen (secondary N) is 1. The van der Waals surface area contributed by atoms with Crippen LogP contribution in [0.5, 0.6) is 0 Å². The number of fused-ring (bicyclic) bond motifs is 1. The topological polar surface area (TPSA) is 52.5 Å². The van der Waals surface area contributed by atoms with Gasteiger partial charge in [0.15, 0.2) is 0 Å². The van der Waals surface area contributed by atoms with Crippen LogP contribution in [0.4, 0.5) is 0 Å². The Morgan fingerprint density at radius 1 is 1.38 bits per heavy atom. The SMILES string of the molecule is N#Cc1cc(Cl)c2[nH]cc(Cl)c2n1. The summed E-state index contributed by atoms with van der Waals surface area (Å²) in [5.41, 5.74) is 1.45. The lowest BCUT2D eigenvalue weighted by Crippen LogP contribution is -1.83. The van der Waals surface area contributed by atoms with Crippen LogP contribution in [0.1, 0.15) is 5.69 Å². The Morgan fingerprint density at radius 2 is 2.15 bits per heavy atom. The molecule has 2 aromatic heterocycles. The van der Waals surface area contributed by atoms with Crippen molar-refractivity contribution in [1.82, 2.24) is 9.97 Å². The first-order valence-corrected chi connectivity index (χ1v) is 4.21. The summed E-state index contributed by atoms with van der Waals surface area (Å²) in [7, 11) is 0. The van der Waals surface area contributed by atoms with Crippen molar-refractivity contribution in [3.63, 3.8) is 0 Å². The summed E-state index contributed by atoms with van der Waals surface area (Å²) in [5.74, 6) is 0. The van der Waals surface area contributed by atoms with Crippen molar-refractivity contribution < 1.29 is 0 Å². The zero-order valence-corrected chi connectivity index (χ0v) is 7.82. The van der Waals surface area contributed by atoms with Gasteiger partial charge < -0.3 is 4.98 Å². The number of hydrogen-bond acceptors (Lipinski definition) is 2. The van der Waals surface area contributed by atoms with Crippen molar-refractivity contribution in [3.8, 4) is 6.07 Å². The van der Waals surface area contributed by atoms with Crippen molar-refractivity contribution in [2.75, 3.05) is 0 Å². The van der Waals surface area contributed by atoms with Gasteiger partial charge >= 0.3 is 0 Å². The van der Waals surface area contributed by atoms with Gasteiger partial charge in [0.05, 0.1) is 15.6 Å². The molecular weight excluding hydrogens is 209 g/mol. The molecule has 5 heteroatoms. The molecule has 0 aliphatic rings. The molecule has 0 amide bonds.